The predicted molar refractivity (Wildman–Crippen MR) is 68.3 cm³/mol. The Morgan fingerprint density at radius 3 is 2.69 bits per heavy atom. The molecule has 1 atom stereocenters. The van der Waals surface area contributed by atoms with Gasteiger partial charge in [-0.1, -0.05) is 27.7 Å². The summed E-state index contributed by atoms with van der Waals surface area (Å²) in [4.78, 5) is 4.41. The van der Waals surface area contributed by atoms with Gasteiger partial charge in [0.15, 0.2) is 0 Å². The molecule has 1 unspecified atom stereocenters. The van der Waals surface area contributed by atoms with E-state index in [1.54, 1.807) is 0 Å². The van der Waals surface area contributed by atoms with Crippen molar-refractivity contribution in [3.8, 4) is 0 Å². The molecule has 92 valence electrons. The molecule has 0 aliphatic heterocycles. The lowest BCUT2D eigenvalue weighted by atomic mass is 9.81. The number of aromatic nitrogens is 2. The second kappa shape index (κ2) is 5.48. The summed E-state index contributed by atoms with van der Waals surface area (Å²) in [7, 11) is 0. The summed E-state index contributed by atoms with van der Waals surface area (Å²) >= 11 is 0. The van der Waals surface area contributed by atoms with Crippen LogP contribution in [0.3, 0.4) is 0 Å². The minimum atomic E-state index is 0.176. The quantitative estimate of drug-likeness (QED) is 0.805. The lowest BCUT2D eigenvalue weighted by Crippen LogP contribution is -2.39. The van der Waals surface area contributed by atoms with Gasteiger partial charge in [0.05, 0.1) is 0 Å². The van der Waals surface area contributed by atoms with Gasteiger partial charge in [0.25, 0.3) is 0 Å². The van der Waals surface area contributed by atoms with Crippen LogP contribution in [0, 0.1) is 5.41 Å². The van der Waals surface area contributed by atoms with Crippen LogP contribution in [0.5, 0.6) is 0 Å². The Morgan fingerprint density at radius 1 is 1.44 bits per heavy atom. The van der Waals surface area contributed by atoms with Gasteiger partial charge in [0, 0.05) is 31.4 Å². The molecule has 0 bridgehead atoms. The van der Waals surface area contributed by atoms with E-state index in [1.165, 1.54) is 0 Å². The summed E-state index contributed by atoms with van der Waals surface area (Å²) in [6, 6.07) is 0.176. The van der Waals surface area contributed by atoms with Gasteiger partial charge in [-0.3, -0.25) is 0 Å². The molecule has 0 aliphatic rings. The van der Waals surface area contributed by atoms with Crippen molar-refractivity contribution >= 4 is 0 Å². The summed E-state index contributed by atoms with van der Waals surface area (Å²) in [6.45, 7) is 9.86. The van der Waals surface area contributed by atoms with Crippen molar-refractivity contribution in [3.05, 3.63) is 18.2 Å². The minimum absolute atomic E-state index is 0.176. The zero-order valence-electron chi connectivity index (χ0n) is 11.0. The zero-order chi connectivity index (χ0) is 12.2. The first-order chi connectivity index (χ1) is 7.51. The van der Waals surface area contributed by atoms with Gasteiger partial charge in [-0.25, -0.2) is 4.98 Å². The summed E-state index contributed by atoms with van der Waals surface area (Å²) in [5.41, 5.74) is 6.45. The molecule has 0 amide bonds. The second-order valence-electron chi connectivity index (χ2n) is 5.19. The number of imidazole rings is 1. The zero-order valence-corrected chi connectivity index (χ0v) is 11.0. The number of aryl methyl sites for hydroxylation is 1. The Labute approximate surface area is 99.1 Å². The first-order valence-corrected chi connectivity index (χ1v) is 6.26. The smallest absolute Gasteiger partial charge is 0.110 e. The highest BCUT2D eigenvalue weighted by Crippen LogP contribution is 2.25. The van der Waals surface area contributed by atoms with Crippen LogP contribution in [-0.2, 0) is 13.0 Å². The Kier molecular flexibility index (Phi) is 4.54. The molecule has 2 N–H and O–H groups in total. The Bertz CT molecular complexity index is 315. The molecule has 0 saturated carbocycles. The fourth-order valence-corrected chi connectivity index (χ4v) is 1.71. The molecule has 0 saturated heterocycles. The molecule has 1 heterocycles. The molecule has 0 spiro atoms. The van der Waals surface area contributed by atoms with Crippen LogP contribution in [0.25, 0.3) is 0 Å². The molecule has 3 nitrogen and oxygen atoms in total. The molecular formula is C13H25N3. The molecule has 3 heteroatoms. The van der Waals surface area contributed by atoms with Crippen molar-refractivity contribution in [2.75, 3.05) is 0 Å². The van der Waals surface area contributed by atoms with Crippen LogP contribution < -0.4 is 5.73 Å². The van der Waals surface area contributed by atoms with Gasteiger partial charge in [-0.2, -0.15) is 0 Å². The third-order valence-electron chi connectivity index (χ3n) is 3.58. The SMILES string of the molecule is CCCn1ccnc1CC(N)C(C)(C)CC. The van der Waals surface area contributed by atoms with E-state index in [9.17, 15) is 0 Å². The third kappa shape index (κ3) is 3.08. The van der Waals surface area contributed by atoms with Crippen molar-refractivity contribution in [2.24, 2.45) is 11.1 Å². The second-order valence-corrected chi connectivity index (χ2v) is 5.19. The van der Waals surface area contributed by atoms with Gasteiger partial charge in [-0.15, -0.1) is 0 Å². The third-order valence-corrected chi connectivity index (χ3v) is 3.58. The van der Waals surface area contributed by atoms with Crippen molar-refractivity contribution in [1.29, 1.82) is 0 Å². The van der Waals surface area contributed by atoms with E-state index in [4.69, 9.17) is 5.73 Å². The van der Waals surface area contributed by atoms with Crippen molar-refractivity contribution in [1.82, 2.24) is 9.55 Å². The molecule has 0 radical (unpaired) electrons. The Balaban J connectivity index is 2.69. The number of nitrogens with two attached hydrogens (primary N) is 1. The minimum Gasteiger partial charge on any atom is -0.335 e. The van der Waals surface area contributed by atoms with Gasteiger partial charge in [0.1, 0.15) is 5.82 Å². The number of hydrogen-bond donors (Lipinski definition) is 1. The topological polar surface area (TPSA) is 43.8 Å². The van der Waals surface area contributed by atoms with Crippen molar-refractivity contribution < 1.29 is 0 Å². The molecular weight excluding hydrogens is 198 g/mol. The predicted octanol–water partition coefficient (Wildman–Crippen LogP) is 2.60. The van der Waals surface area contributed by atoms with Crippen LogP contribution in [0.1, 0.15) is 46.4 Å². The largest absolute Gasteiger partial charge is 0.335 e. The summed E-state index contributed by atoms with van der Waals surface area (Å²) in [5.74, 6) is 1.12. The van der Waals surface area contributed by atoms with E-state index < -0.39 is 0 Å². The first-order valence-electron chi connectivity index (χ1n) is 6.26. The molecule has 1 rings (SSSR count). The van der Waals surface area contributed by atoms with Gasteiger partial charge in [0.2, 0.25) is 0 Å². The lowest BCUT2D eigenvalue weighted by Gasteiger charge is -2.30. The highest BCUT2D eigenvalue weighted by Gasteiger charge is 2.25. The maximum absolute atomic E-state index is 6.26. The fourth-order valence-electron chi connectivity index (χ4n) is 1.71. The van der Waals surface area contributed by atoms with Gasteiger partial charge < -0.3 is 10.3 Å². The Hall–Kier alpha value is -0.830. The van der Waals surface area contributed by atoms with Crippen LogP contribution in [0.4, 0.5) is 0 Å². The molecule has 1 aromatic heterocycles. The molecule has 0 aliphatic carbocycles. The van der Waals surface area contributed by atoms with Crippen LogP contribution in [-0.4, -0.2) is 15.6 Å². The number of rotatable bonds is 6. The highest BCUT2D eigenvalue weighted by atomic mass is 15.1. The Morgan fingerprint density at radius 2 is 2.12 bits per heavy atom. The van der Waals surface area contributed by atoms with E-state index >= 15 is 0 Å². The fraction of sp³-hybridized carbons (Fsp3) is 0.769. The molecule has 0 fully saturated rings. The number of nitrogens with zero attached hydrogens (tertiary/aromatic N) is 2. The first kappa shape index (κ1) is 13.2. The van der Waals surface area contributed by atoms with Crippen LogP contribution >= 0.6 is 0 Å². The summed E-state index contributed by atoms with van der Waals surface area (Å²) in [6.07, 6.45) is 7.02. The van der Waals surface area contributed by atoms with Gasteiger partial charge in [-0.05, 0) is 18.3 Å². The van der Waals surface area contributed by atoms with E-state index in [0.29, 0.717) is 0 Å². The van der Waals surface area contributed by atoms with Crippen molar-refractivity contribution in [2.45, 2.75) is 59.5 Å². The summed E-state index contributed by atoms with van der Waals surface area (Å²) in [5, 5.41) is 0. The maximum atomic E-state index is 6.26. The average molecular weight is 223 g/mol. The highest BCUT2D eigenvalue weighted by molar-refractivity contribution is 4.98. The lowest BCUT2D eigenvalue weighted by molar-refractivity contribution is 0.268. The normalized spacial score (nSPS) is 14.1. The summed E-state index contributed by atoms with van der Waals surface area (Å²) < 4.78 is 2.21. The average Bonchev–Trinajstić information content (AvgIpc) is 2.66. The monoisotopic (exact) mass is 223 g/mol. The molecule has 0 aromatic carbocycles. The van der Waals surface area contributed by atoms with Crippen LogP contribution in [0.2, 0.25) is 0 Å². The van der Waals surface area contributed by atoms with E-state index in [-0.39, 0.29) is 11.5 Å². The van der Waals surface area contributed by atoms with E-state index in [2.05, 4.69) is 37.2 Å². The van der Waals surface area contributed by atoms with Crippen LogP contribution in [0.15, 0.2) is 12.4 Å². The molecule has 16 heavy (non-hydrogen) atoms. The standard InChI is InChI=1S/C13H25N3/c1-5-8-16-9-7-15-12(16)10-11(14)13(3,4)6-2/h7,9,11H,5-6,8,10,14H2,1-4H3. The van der Waals surface area contributed by atoms with Gasteiger partial charge >= 0.3 is 0 Å². The van der Waals surface area contributed by atoms with E-state index in [0.717, 1.165) is 31.6 Å². The van der Waals surface area contributed by atoms with E-state index in [1.807, 2.05) is 12.4 Å². The van der Waals surface area contributed by atoms with Crippen molar-refractivity contribution in [3.63, 3.8) is 0 Å². The molecule has 1 aromatic rings. The maximum Gasteiger partial charge on any atom is 0.110 e. The number of hydrogen-bond acceptors (Lipinski definition) is 2.